The lowest BCUT2D eigenvalue weighted by Crippen LogP contribution is -2.30. The molecule has 3 nitrogen and oxygen atoms in total. The normalized spacial score (nSPS) is 22.2. The number of pyridine rings is 1. The van der Waals surface area contributed by atoms with Crippen LogP contribution in [0.3, 0.4) is 0 Å². The quantitative estimate of drug-likeness (QED) is 0.763. The maximum Gasteiger partial charge on any atom is 0.214 e. The van der Waals surface area contributed by atoms with E-state index in [0.717, 1.165) is 31.1 Å². The van der Waals surface area contributed by atoms with Gasteiger partial charge in [-0.25, -0.2) is 4.98 Å². The summed E-state index contributed by atoms with van der Waals surface area (Å²) in [6.45, 7) is 8.46. The van der Waals surface area contributed by atoms with E-state index in [-0.39, 0.29) is 0 Å². The van der Waals surface area contributed by atoms with Crippen molar-refractivity contribution in [3.63, 3.8) is 0 Å². The Morgan fingerprint density at radius 2 is 2.05 bits per heavy atom. The summed E-state index contributed by atoms with van der Waals surface area (Å²) in [6.07, 6.45) is 7.85. The third kappa shape index (κ3) is 4.99. The predicted octanol–water partition coefficient (Wildman–Crippen LogP) is 4.24. The van der Waals surface area contributed by atoms with E-state index in [2.05, 4.69) is 36.3 Å². The molecule has 0 amide bonds. The molecule has 1 aromatic rings. The van der Waals surface area contributed by atoms with E-state index in [4.69, 9.17) is 4.74 Å². The van der Waals surface area contributed by atoms with Crippen LogP contribution < -0.4 is 10.1 Å². The van der Waals surface area contributed by atoms with Crippen LogP contribution in [0.4, 0.5) is 0 Å². The summed E-state index contributed by atoms with van der Waals surface area (Å²) in [7, 11) is 0. The van der Waals surface area contributed by atoms with Crippen LogP contribution in [0.25, 0.3) is 0 Å². The van der Waals surface area contributed by atoms with Gasteiger partial charge in [0.15, 0.2) is 0 Å². The molecule has 1 saturated carbocycles. The van der Waals surface area contributed by atoms with Crippen molar-refractivity contribution in [3.8, 4) is 5.88 Å². The molecule has 2 rings (SSSR count). The minimum Gasteiger partial charge on any atom is -0.474 e. The van der Waals surface area contributed by atoms with Crippen LogP contribution in [0.2, 0.25) is 0 Å². The van der Waals surface area contributed by atoms with E-state index in [0.29, 0.717) is 12.0 Å². The number of nitrogens with one attached hydrogen (secondary N) is 1. The zero-order valence-electron chi connectivity index (χ0n) is 13.8. The van der Waals surface area contributed by atoms with Crippen LogP contribution in [0.15, 0.2) is 12.1 Å². The molecule has 21 heavy (non-hydrogen) atoms. The number of aryl methyl sites for hydroxylation is 1. The minimum absolute atomic E-state index is 0.356. The average molecular weight is 290 g/mol. The molecule has 3 heteroatoms. The van der Waals surface area contributed by atoms with Gasteiger partial charge in [0.25, 0.3) is 0 Å². The Hall–Kier alpha value is -1.09. The SMILES string of the molecule is CCCNCc1cc(C)nc(OC2CCCCC2CC)c1. The van der Waals surface area contributed by atoms with E-state index in [1.54, 1.807) is 0 Å². The van der Waals surface area contributed by atoms with Gasteiger partial charge in [0.05, 0.1) is 0 Å². The van der Waals surface area contributed by atoms with Crippen LogP contribution in [-0.4, -0.2) is 17.6 Å². The molecule has 1 fully saturated rings. The fraction of sp³-hybridized carbons (Fsp3) is 0.722. The third-order valence-corrected chi connectivity index (χ3v) is 4.38. The van der Waals surface area contributed by atoms with Gasteiger partial charge in [-0.1, -0.05) is 20.3 Å². The number of hydrogen-bond acceptors (Lipinski definition) is 3. The van der Waals surface area contributed by atoms with Crippen molar-refractivity contribution in [1.29, 1.82) is 0 Å². The van der Waals surface area contributed by atoms with Crippen molar-refractivity contribution >= 4 is 0 Å². The molecular formula is C18H30N2O. The van der Waals surface area contributed by atoms with Gasteiger partial charge in [0.2, 0.25) is 5.88 Å². The first-order valence-corrected chi connectivity index (χ1v) is 8.57. The Morgan fingerprint density at radius 3 is 2.81 bits per heavy atom. The maximum atomic E-state index is 6.25. The van der Waals surface area contributed by atoms with Gasteiger partial charge in [-0.2, -0.15) is 0 Å². The molecule has 2 unspecified atom stereocenters. The summed E-state index contributed by atoms with van der Waals surface area (Å²) >= 11 is 0. The van der Waals surface area contributed by atoms with Crippen LogP contribution in [0.5, 0.6) is 5.88 Å². The molecule has 1 aliphatic carbocycles. The molecule has 2 atom stereocenters. The summed E-state index contributed by atoms with van der Waals surface area (Å²) in [5, 5.41) is 3.45. The van der Waals surface area contributed by atoms with Crippen LogP contribution >= 0.6 is 0 Å². The molecule has 0 saturated heterocycles. The Bertz CT molecular complexity index is 433. The summed E-state index contributed by atoms with van der Waals surface area (Å²) in [4.78, 5) is 4.57. The van der Waals surface area contributed by atoms with Crippen molar-refractivity contribution in [2.24, 2.45) is 5.92 Å². The summed E-state index contributed by atoms with van der Waals surface area (Å²) in [5.41, 5.74) is 2.32. The van der Waals surface area contributed by atoms with Gasteiger partial charge >= 0.3 is 0 Å². The fourth-order valence-electron chi connectivity index (χ4n) is 3.23. The standard InChI is InChI=1S/C18H30N2O/c1-4-10-19-13-15-11-14(3)20-18(12-15)21-17-9-7-6-8-16(17)5-2/h11-12,16-17,19H,4-10,13H2,1-3H3. The third-order valence-electron chi connectivity index (χ3n) is 4.38. The van der Waals surface area contributed by atoms with Gasteiger partial charge in [0.1, 0.15) is 6.10 Å². The Kier molecular flexibility index (Phi) is 6.50. The number of rotatable bonds is 7. The molecular weight excluding hydrogens is 260 g/mol. The zero-order chi connectivity index (χ0) is 15.1. The second-order valence-corrected chi connectivity index (χ2v) is 6.24. The van der Waals surface area contributed by atoms with Gasteiger partial charge in [-0.3, -0.25) is 0 Å². The minimum atomic E-state index is 0.356. The van der Waals surface area contributed by atoms with Gasteiger partial charge in [-0.05, 0) is 63.1 Å². The molecule has 118 valence electrons. The zero-order valence-corrected chi connectivity index (χ0v) is 13.8. The number of nitrogens with zero attached hydrogens (tertiary/aromatic N) is 1. The highest BCUT2D eigenvalue weighted by atomic mass is 16.5. The fourth-order valence-corrected chi connectivity index (χ4v) is 3.23. The van der Waals surface area contributed by atoms with E-state index in [9.17, 15) is 0 Å². The molecule has 1 heterocycles. The summed E-state index contributed by atoms with van der Waals surface area (Å²) in [5.74, 6) is 1.51. The first-order valence-electron chi connectivity index (χ1n) is 8.57. The Labute approximate surface area is 129 Å². The first-order chi connectivity index (χ1) is 10.2. The molecule has 0 aliphatic heterocycles. The van der Waals surface area contributed by atoms with E-state index < -0.39 is 0 Å². The Balaban J connectivity index is 2.01. The van der Waals surface area contributed by atoms with E-state index in [1.165, 1.54) is 37.7 Å². The second kappa shape index (κ2) is 8.38. The van der Waals surface area contributed by atoms with Crippen LogP contribution in [-0.2, 0) is 6.54 Å². The Morgan fingerprint density at radius 1 is 1.24 bits per heavy atom. The van der Waals surface area contributed by atoms with Gasteiger partial charge in [-0.15, -0.1) is 0 Å². The summed E-state index contributed by atoms with van der Waals surface area (Å²) in [6, 6.07) is 4.25. The highest BCUT2D eigenvalue weighted by Crippen LogP contribution is 2.30. The van der Waals surface area contributed by atoms with Crippen molar-refractivity contribution < 1.29 is 4.74 Å². The molecule has 1 aliphatic rings. The van der Waals surface area contributed by atoms with Crippen LogP contribution in [0.1, 0.15) is 63.6 Å². The average Bonchev–Trinajstić information content (AvgIpc) is 2.47. The summed E-state index contributed by atoms with van der Waals surface area (Å²) < 4.78 is 6.25. The van der Waals surface area contributed by atoms with Crippen molar-refractivity contribution in [1.82, 2.24) is 10.3 Å². The van der Waals surface area contributed by atoms with E-state index in [1.807, 2.05) is 6.92 Å². The molecule has 1 aromatic heterocycles. The van der Waals surface area contributed by atoms with Gasteiger partial charge < -0.3 is 10.1 Å². The van der Waals surface area contributed by atoms with Crippen LogP contribution in [0, 0.1) is 12.8 Å². The lowest BCUT2D eigenvalue weighted by molar-refractivity contribution is 0.0856. The molecule has 0 radical (unpaired) electrons. The monoisotopic (exact) mass is 290 g/mol. The second-order valence-electron chi connectivity index (χ2n) is 6.24. The predicted molar refractivity (Wildman–Crippen MR) is 87.6 cm³/mol. The van der Waals surface area contributed by atoms with Crippen molar-refractivity contribution in [3.05, 3.63) is 23.4 Å². The number of hydrogen-bond donors (Lipinski definition) is 1. The topological polar surface area (TPSA) is 34.2 Å². The lowest BCUT2D eigenvalue weighted by Gasteiger charge is -2.31. The number of aromatic nitrogens is 1. The van der Waals surface area contributed by atoms with Gasteiger partial charge in [0, 0.05) is 18.3 Å². The highest BCUT2D eigenvalue weighted by Gasteiger charge is 2.25. The largest absolute Gasteiger partial charge is 0.474 e. The molecule has 0 bridgehead atoms. The van der Waals surface area contributed by atoms with Crippen molar-refractivity contribution in [2.45, 2.75) is 71.9 Å². The highest BCUT2D eigenvalue weighted by molar-refractivity contribution is 5.24. The first kappa shape index (κ1) is 16.3. The molecule has 1 N–H and O–H groups in total. The van der Waals surface area contributed by atoms with Crippen molar-refractivity contribution in [2.75, 3.05) is 6.54 Å². The number of ether oxygens (including phenoxy) is 1. The maximum absolute atomic E-state index is 6.25. The molecule has 0 aromatic carbocycles. The molecule has 0 spiro atoms. The van der Waals surface area contributed by atoms with E-state index >= 15 is 0 Å². The smallest absolute Gasteiger partial charge is 0.214 e. The lowest BCUT2D eigenvalue weighted by atomic mass is 9.85.